The molecule has 0 unspecified atom stereocenters. The van der Waals surface area contributed by atoms with Crippen molar-refractivity contribution in [2.45, 2.75) is 19.3 Å². The Bertz CT molecular complexity index is 842. The lowest BCUT2D eigenvalue weighted by Crippen LogP contribution is -2.44. The highest BCUT2D eigenvalue weighted by atomic mass is 16.5. The predicted octanol–water partition coefficient (Wildman–Crippen LogP) is 0.0219. The van der Waals surface area contributed by atoms with Gasteiger partial charge in [0.05, 0.1) is 11.8 Å². The van der Waals surface area contributed by atoms with Crippen molar-refractivity contribution in [3.05, 3.63) is 35.9 Å². The Morgan fingerprint density at radius 2 is 1.59 bits per heavy atom. The molecular formula is C20H21N3O6. The maximum Gasteiger partial charge on any atom is 0.326 e. The van der Waals surface area contributed by atoms with Crippen molar-refractivity contribution in [1.82, 2.24) is 15.8 Å². The molecule has 1 saturated heterocycles. The minimum atomic E-state index is -0.844. The van der Waals surface area contributed by atoms with Gasteiger partial charge in [0.2, 0.25) is 11.8 Å². The quantitative estimate of drug-likeness (QED) is 0.409. The van der Waals surface area contributed by atoms with Crippen LogP contribution in [0.5, 0.6) is 0 Å². The molecule has 1 aliphatic heterocycles. The second-order valence-corrected chi connectivity index (χ2v) is 7.68. The SMILES string of the molecule is O=C(COC(=O)CN1C(=O)[C@H]2[C@H]3CC[C@@H](C3)[C@@H]2C1=O)NNC(=O)c1ccccc1. The van der Waals surface area contributed by atoms with E-state index in [0.717, 1.165) is 24.2 Å². The first-order valence-electron chi connectivity index (χ1n) is 9.60. The van der Waals surface area contributed by atoms with E-state index < -0.39 is 30.9 Å². The van der Waals surface area contributed by atoms with Crippen molar-refractivity contribution in [3.63, 3.8) is 0 Å². The van der Waals surface area contributed by atoms with E-state index >= 15 is 0 Å². The van der Waals surface area contributed by atoms with Crippen molar-refractivity contribution >= 4 is 29.6 Å². The monoisotopic (exact) mass is 399 g/mol. The molecule has 0 spiro atoms. The second-order valence-electron chi connectivity index (χ2n) is 7.68. The molecular weight excluding hydrogens is 378 g/mol. The predicted molar refractivity (Wildman–Crippen MR) is 97.5 cm³/mol. The third-order valence-electron chi connectivity index (χ3n) is 6.02. The molecule has 152 valence electrons. The van der Waals surface area contributed by atoms with Crippen LogP contribution in [0.25, 0.3) is 0 Å². The number of nitrogens with zero attached hydrogens (tertiary/aromatic N) is 1. The Labute approximate surface area is 166 Å². The van der Waals surface area contributed by atoms with Crippen LogP contribution in [0.4, 0.5) is 0 Å². The number of amides is 4. The average Bonchev–Trinajstić information content (AvgIpc) is 3.41. The summed E-state index contributed by atoms with van der Waals surface area (Å²) in [5, 5.41) is 0. The van der Waals surface area contributed by atoms with Gasteiger partial charge < -0.3 is 4.74 Å². The minimum Gasteiger partial charge on any atom is -0.454 e. The van der Waals surface area contributed by atoms with Gasteiger partial charge in [-0.05, 0) is 43.2 Å². The van der Waals surface area contributed by atoms with Crippen LogP contribution in [0.2, 0.25) is 0 Å². The van der Waals surface area contributed by atoms with Gasteiger partial charge in [-0.25, -0.2) is 0 Å². The van der Waals surface area contributed by atoms with Gasteiger partial charge in [-0.3, -0.25) is 39.7 Å². The number of hydrazine groups is 1. The molecule has 2 N–H and O–H groups in total. The normalized spacial score (nSPS) is 27.0. The van der Waals surface area contributed by atoms with Crippen LogP contribution < -0.4 is 10.9 Å². The van der Waals surface area contributed by atoms with Gasteiger partial charge in [0.15, 0.2) is 6.61 Å². The molecule has 9 heteroatoms. The van der Waals surface area contributed by atoms with E-state index in [1.165, 1.54) is 0 Å². The van der Waals surface area contributed by atoms with Gasteiger partial charge in [0.1, 0.15) is 6.54 Å². The standard InChI is InChI=1S/C20H21N3O6/c24-14(21-22-18(26)11-4-2-1-3-5-11)10-29-15(25)9-23-19(27)16-12-6-7-13(8-12)17(16)20(23)28/h1-5,12-13,16-17H,6-10H2,(H,21,24)(H,22,26)/t12-,13-,16-,17-/m0/s1. The zero-order valence-corrected chi connectivity index (χ0v) is 15.6. The van der Waals surface area contributed by atoms with E-state index in [9.17, 15) is 24.0 Å². The van der Waals surface area contributed by atoms with Gasteiger partial charge in [-0.15, -0.1) is 0 Å². The Balaban J connectivity index is 1.22. The van der Waals surface area contributed by atoms with Crippen LogP contribution in [0.15, 0.2) is 30.3 Å². The summed E-state index contributed by atoms with van der Waals surface area (Å²) in [7, 11) is 0. The fourth-order valence-corrected chi connectivity index (χ4v) is 4.77. The summed E-state index contributed by atoms with van der Waals surface area (Å²) in [5.74, 6) is -2.83. The van der Waals surface area contributed by atoms with Crippen LogP contribution in [-0.4, -0.2) is 47.6 Å². The van der Waals surface area contributed by atoms with E-state index in [0.29, 0.717) is 5.56 Å². The number of imide groups is 1. The lowest BCUT2D eigenvalue weighted by atomic mass is 9.81. The van der Waals surface area contributed by atoms with Crippen LogP contribution in [-0.2, 0) is 23.9 Å². The second kappa shape index (κ2) is 7.65. The summed E-state index contributed by atoms with van der Waals surface area (Å²) >= 11 is 0. The molecule has 2 bridgehead atoms. The minimum absolute atomic E-state index is 0.237. The summed E-state index contributed by atoms with van der Waals surface area (Å²) in [5.41, 5.74) is 4.70. The Kier molecular flexibility index (Phi) is 5.04. The Morgan fingerprint density at radius 1 is 0.966 bits per heavy atom. The molecule has 2 aliphatic carbocycles. The van der Waals surface area contributed by atoms with E-state index in [1.807, 2.05) is 0 Å². The lowest BCUT2D eigenvalue weighted by Gasteiger charge is -2.19. The molecule has 3 aliphatic rings. The van der Waals surface area contributed by atoms with E-state index in [4.69, 9.17) is 4.74 Å². The third kappa shape index (κ3) is 3.59. The molecule has 1 aromatic rings. The number of hydrogen-bond donors (Lipinski definition) is 2. The van der Waals surface area contributed by atoms with E-state index in [1.54, 1.807) is 30.3 Å². The Morgan fingerprint density at radius 3 is 2.21 bits per heavy atom. The molecule has 2 saturated carbocycles. The maximum absolute atomic E-state index is 12.5. The summed E-state index contributed by atoms with van der Waals surface area (Å²) < 4.78 is 4.84. The smallest absolute Gasteiger partial charge is 0.326 e. The molecule has 1 aromatic carbocycles. The third-order valence-corrected chi connectivity index (χ3v) is 6.02. The van der Waals surface area contributed by atoms with Crippen molar-refractivity contribution in [2.24, 2.45) is 23.7 Å². The van der Waals surface area contributed by atoms with Crippen molar-refractivity contribution in [3.8, 4) is 0 Å². The van der Waals surface area contributed by atoms with Gasteiger partial charge >= 0.3 is 5.97 Å². The molecule has 0 radical (unpaired) electrons. The number of carbonyl (C=O) groups excluding carboxylic acids is 5. The van der Waals surface area contributed by atoms with Crippen LogP contribution >= 0.6 is 0 Å². The van der Waals surface area contributed by atoms with Gasteiger partial charge in [-0.2, -0.15) is 0 Å². The molecule has 9 nitrogen and oxygen atoms in total. The maximum atomic E-state index is 12.5. The number of benzene rings is 1. The van der Waals surface area contributed by atoms with Crippen molar-refractivity contribution < 1.29 is 28.7 Å². The Hall–Kier alpha value is -3.23. The zero-order valence-electron chi connectivity index (χ0n) is 15.6. The van der Waals surface area contributed by atoms with Gasteiger partial charge in [0.25, 0.3) is 11.8 Å². The molecule has 4 atom stereocenters. The fraction of sp³-hybridized carbons (Fsp3) is 0.450. The van der Waals surface area contributed by atoms with E-state index in [2.05, 4.69) is 10.9 Å². The number of likely N-dealkylation sites (tertiary alicyclic amines) is 1. The van der Waals surface area contributed by atoms with Crippen molar-refractivity contribution in [1.29, 1.82) is 0 Å². The fourth-order valence-electron chi connectivity index (χ4n) is 4.77. The lowest BCUT2D eigenvalue weighted by molar-refractivity contribution is -0.155. The molecule has 1 heterocycles. The zero-order chi connectivity index (χ0) is 20.5. The molecule has 4 rings (SSSR count). The van der Waals surface area contributed by atoms with Crippen LogP contribution in [0.1, 0.15) is 29.6 Å². The highest BCUT2D eigenvalue weighted by molar-refractivity contribution is 6.07. The summed E-state index contributed by atoms with van der Waals surface area (Å²) in [6, 6.07) is 8.26. The first-order valence-corrected chi connectivity index (χ1v) is 9.60. The van der Waals surface area contributed by atoms with Gasteiger partial charge in [-0.1, -0.05) is 18.2 Å². The first kappa shape index (κ1) is 19.1. The van der Waals surface area contributed by atoms with E-state index in [-0.39, 0.29) is 35.5 Å². The number of nitrogens with one attached hydrogen (secondary N) is 2. The number of ether oxygens (including phenoxy) is 1. The molecule has 3 fully saturated rings. The highest BCUT2D eigenvalue weighted by Crippen LogP contribution is 2.56. The summed E-state index contributed by atoms with van der Waals surface area (Å²) in [6.07, 6.45) is 2.83. The summed E-state index contributed by atoms with van der Waals surface area (Å²) in [6.45, 7) is -1.13. The topological polar surface area (TPSA) is 122 Å². The molecule has 29 heavy (non-hydrogen) atoms. The first-order chi connectivity index (χ1) is 14.0. The van der Waals surface area contributed by atoms with Crippen molar-refractivity contribution in [2.75, 3.05) is 13.2 Å². The highest BCUT2D eigenvalue weighted by Gasteiger charge is 2.61. The number of fused-ring (bicyclic) bond motifs is 5. The number of carbonyl (C=O) groups is 5. The number of hydrogen-bond acceptors (Lipinski definition) is 6. The average molecular weight is 399 g/mol. The number of rotatable bonds is 5. The van der Waals surface area contributed by atoms with Crippen LogP contribution in [0.3, 0.4) is 0 Å². The molecule has 4 amide bonds. The summed E-state index contributed by atoms with van der Waals surface area (Å²) in [4.78, 5) is 61.7. The molecule has 0 aromatic heterocycles. The van der Waals surface area contributed by atoms with Crippen LogP contribution in [0, 0.1) is 23.7 Å². The largest absolute Gasteiger partial charge is 0.454 e. The number of esters is 1. The van der Waals surface area contributed by atoms with Gasteiger partial charge in [0, 0.05) is 5.56 Å².